The molecule has 0 saturated carbocycles. The van der Waals surface area contributed by atoms with Crippen LogP contribution in [-0.4, -0.2) is 34.2 Å². The van der Waals surface area contributed by atoms with Crippen molar-refractivity contribution in [1.82, 2.24) is 15.1 Å². The van der Waals surface area contributed by atoms with E-state index in [2.05, 4.69) is 31.5 Å². The minimum absolute atomic E-state index is 0.0951. The van der Waals surface area contributed by atoms with E-state index in [9.17, 15) is 0 Å². The van der Waals surface area contributed by atoms with E-state index in [1.165, 1.54) is 5.39 Å². The lowest BCUT2D eigenvalue weighted by Crippen LogP contribution is -2.23. The quantitative estimate of drug-likeness (QED) is 0.223. The molecule has 0 aliphatic carbocycles. The monoisotopic (exact) mass is 375 g/mol. The number of nitrogens with zero attached hydrogens (tertiary/aromatic N) is 3. The molecule has 0 spiro atoms. The maximum absolute atomic E-state index is 5.44. The summed E-state index contributed by atoms with van der Waals surface area (Å²) in [6.07, 6.45) is 2.57. The van der Waals surface area contributed by atoms with E-state index in [1.54, 1.807) is 0 Å². The summed E-state index contributed by atoms with van der Waals surface area (Å²) in [7, 11) is 0. The number of fused-ring (bicyclic) bond motifs is 1. The summed E-state index contributed by atoms with van der Waals surface area (Å²) in [4.78, 5) is 11.7. The van der Waals surface area contributed by atoms with Gasteiger partial charge in [0.1, 0.15) is 0 Å². The molecule has 0 bridgehead atoms. The highest BCUT2D eigenvalue weighted by Gasteiger charge is 2.11. The number of aromatic nitrogens is 3. The van der Waals surface area contributed by atoms with Crippen LogP contribution >= 0.6 is 0 Å². The number of rotatable bonds is 7. The zero-order chi connectivity index (χ0) is 19.3. The van der Waals surface area contributed by atoms with Gasteiger partial charge in [-0.05, 0) is 35.9 Å². The predicted octanol–water partition coefficient (Wildman–Crippen LogP) is 2.49. The number of nitrogens with two attached hydrogens (primary N) is 2. The second kappa shape index (κ2) is 7.83. The van der Waals surface area contributed by atoms with Crippen LogP contribution in [0.15, 0.2) is 64.2 Å². The minimum Gasteiger partial charge on any atom is -0.383 e. The highest BCUT2D eigenvalue weighted by Crippen LogP contribution is 2.22. The normalized spacial score (nSPS) is 10.9. The first-order chi connectivity index (χ1) is 13.7. The van der Waals surface area contributed by atoms with E-state index >= 15 is 0 Å². The van der Waals surface area contributed by atoms with Gasteiger partial charge >= 0.3 is 0 Å². The van der Waals surface area contributed by atoms with Gasteiger partial charge in [0, 0.05) is 34.9 Å². The molecule has 8 nitrogen and oxygen atoms in total. The standard InChI is InChI=1S/C20H21N7O/c21-20(22)24-10-9-23-15-7-5-13(6-8-15)19-26-18(28-27-19)11-14-12-25-17-4-2-1-3-16(14)17/h1-8,12,23,25H,9-11H2,(H4,21,22,24). The number of hydrogen-bond acceptors (Lipinski definition) is 5. The predicted molar refractivity (Wildman–Crippen MR) is 110 cm³/mol. The third-order valence-electron chi connectivity index (χ3n) is 4.36. The van der Waals surface area contributed by atoms with Crippen LogP contribution in [-0.2, 0) is 6.42 Å². The first kappa shape index (κ1) is 17.6. The fourth-order valence-corrected chi connectivity index (χ4v) is 3.01. The number of para-hydroxylation sites is 1. The van der Waals surface area contributed by atoms with Crippen molar-refractivity contribution in [1.29, 1.82) is 0 Å². The third kappa shape index (κ3) is 3.96. The highest BCUT2D eigenvalue weighted by atomic mass is 16.5. The van der Waals surface area contributed by atoms with Crippen molar-refractivity contribution in [3.8, 4) is 11.4 Å². The first-order valence-electron chi connectivity index (χ1n) is 8.96. The molecule has 6 N–H and O–H groups in total. The molecule has 0 fully saturated rings. The average Bonchev–Trinajstić information content (AvgIpc) is 3.34. The topological polar surface area (TPSA) is 131 Å². The van der Waals surface area contributed by atoms with E-state index < -0.39 is 0 Å². The molecule has 2 heterocycles. The molecule has 0 amide bonds. The molecule has 0 aliphatic rings. The van der Waals surface area contributed by atoms with E-state index in [4.69, 9.17) is 16.0 Å². The van der Waals surface area contributed by atoms with Crippen LogP contribution in [0.1, 0.15) is 11.5 Å². The number of H-pyrrole nitrogens is 1. The molecule has 0 radical (unpaired) electrons. The molecule has 8 heteroatoms. The molecule has 4 rings (SSSR count). The van der Waals surface area contributed by atoms with Crippen molar-refractivity contribution >= 4 is 22.5 Å². The van der Waals surface area contributed by atoms with Gasteiger partial charge in [0.2, 0.25) is 11.7 Å². The molecule has 28 heavy (non-hydrogen) atoms. The van der Waals surface area contributed by atoms with Gasteiger partial charge in [0.05, 0.1) is 13.0 Å². The number of benzene rings is 2. The van der Waals surface area contributed by atoms with Crippen LogP contribution in [0.2, 0.25) is 0 Å². The Bertz CT molecular complexity index is 1090. The lowest BCUT2D eigenvalue weighted by molar-refractivity contribution is 0.386. The first-order valence-corrected chi connectivity index (χ1v) is 8.96. The van der Waals surface area contributed by atoms with Gasteiger partial charge in [0.15, 0.2) is 5.96 Å². The van der Waals surface area contributed by atoms with Crippen LogP contribution < -0.4 is 16.8 Å². The second-order valence-electron chi connectivity index (χ2n) is 6.36. The minimum atomic E-state index is 0.0951. The van der Waals surface area contributed by atoms with Gasteiger partial charge in [-0.25, -0.2) is 0 Å². The SMILES string of the molecule is NC(N)=NCCNc1ccc(-c2noc(Cc3c[nH]c4ccccc34)n2)cc1. The maximum Gasteiger partial charge on any atom is 0.231 e. The summed E-state index contributed by atoms with van der Waals surface area (Å²) < 4.78 is 5.44. The van der Waals surface area contributed by atoms with Crippen LogP contribution in [0.5, 0.6) is 0 Å². The van der Waals surface area contributed by atoms with Gasteiger partial charge < -0.3 is 26.3 Å². The Hall–Kier alpha value is -3.81. The van der Waals surface area contributed by atoms with Crippen molar-refractivity contribution in [2.75, 3.05) is 18.4 Å². The zero-order valence-corrected chi connectivity index (χ0v) is 15.2. The molecule has 4 aromatic rings. The molecule has 0 aliphatic heterocycles. The molecule has 2 aromatic carbocycles. The Balaban J connectivity index is 1.42. The van der Waals surface area contributed by atoms with Gasteiger partial charge in [-0.15, -0.1) is 0 Å². The van der Waals surface area contributed by atoms with Crippen LogP contribution in [0.25, 0.3) is 22.3 Å². The summed E-state index contributed by atoms with van der Waals surface area (Å²) in [5, 5.41) is 8.52. The van der Waals surface area contributed by atoms with E-state index in [-0.39, 0.29) is 5.96 Å². The fraction of sp³-hybridized carbons (Fsp3) is 0.150. The van der Waals surface area contributed by atoms with Gasteiger partial charge in [-0.3, -0.25) is 4.99 Å². The Morgan fingerprint density at radius 3 is 2.75 bits per heavy atom. The fourth-order valence-electron chi connectivity index (χ4n) is 3.01. The Morgan fingerprint density at radius 1 is 1.11 bits per heavy atom. The largest absolute Gasteiger partial charge is 0.383 e. The smallest absolute Gasteiger partial charge is 0.231 e. The van der Waals surface area contributed by atoms with E-state index in [0.29, 0.717) is 31.2 Å². The van der Waals surface area contributed by atoms with Crippen molar-refractivity contribution in [3.63, 3.8) is 0 Å². The number of aromatic amines is 1. The van der Waals surface area contributed by atoms with Crippen molar-refractivity contribution < 1.29 is 4.52 Å². The van der Waals surface area contributed by atoms with Crippen molar-refractivity contribution in [3.05, 3.63) is 66.2 Å². The summed E-state index contributed by atoms with van der Waals surface area (Å²) >= 11 is 0. The molecule has 0 saturated heterocycles. The number of hydrogen-bond donors (Lipinski definition) is 4. The number of anilines is 1. The Labute approximate surface area is 161 Å². The van der Waals surface area contributed by atoms with Gasteiger partial charge in [-0.2, -0.15) is 4.98 Å². The summed E-state index contributed by atoms with van der Waals surface area (Å²) in [6.45, 7) is 1.17. The van der Waals surface area contributed by atoms with Crippen LogP contribution in [0, 0.1) is 0 Å². The summed E-state index contributed by atoms with van der Waals surface area (Å²) in [5.74, 6) is 1.25. The second-order valence-corrected chi connectivity index (χ2v) is 6.36. The molecule has 0 atom stereocenters. The molecule has 0 unspecified atom stereocenters. The lowest BCUT2D eigenvalue weighted by Gasteiger charge is -2.04. The van der Waals surface area contributed by atoms with E-state index in [1.807, 2.05) is 48.7 Å². The Morgan fingerprint density at radius 2 is 1.93 bits per heavy atom. The average molecular weight is 375 g/mol. The van der Waals surface area contributed by atoms with E-state index in [0.717, 1.165) is 22.3 Å². The molecule has 142 valence electrons. The third-order valence-corrected chi connectivity index (χ3v) is 4.36. The molecular weight excluding hydrogens is 354 g/mol. The van der Waals surface area contributed by atoms with Crippen molar-refractivity contribution in [2.45, 2.75) is 6.42 Å². The van der Waals surface area contributed by atoms with Crippen LogP contribution in [0.4, 0.5) is 5.69 Å². The summed E-state index contributed by atoms with van der Waals surface area (Å²) in [5.41, 5.74) is 14.7. The van der Waals surface area contributed by atoms with Gasteiger partial charge in [-0.1, -0.05) is 23.4 Å². The zero-order valence-electron chi connectivity index (χ0n) is 15.2. The lowest BCUT2D eigenvalue weighted by atomic mass is 10.1. The highest BCUT2D eigenvalue weighted by molar-refractivity contribution is 5.83. The van der Waals surface area contributed by atoms with Crippen molar-refractivity contribution in [2.24, 2.45) is 16.5 Å². The number of aliphatic imine (C=N–C) groups is 1. The van der Waals surface area contributed by atoms with Crippen LogP contribution in [0.3, 0.4) is 0 Å². The van der Waals surface area contributed by atoms with Gasteiger partial charge in [0.25, 0.3) is 0 Å². The Kier molecular flexibility index (Phi) is 4.92. The number of nitrogens with one attached hydrogen (secondary N) is 2. The molecule has 2 aromatic heterocycles. The summed E-state index contributed by atoms with van der Waals surface area (Å²) in [6, 6.07) is 16.0. The number of guanidine groups is 1. The maximum atomic E-state index is 5.44. The molecular formula is C20H21N7O.